The Bertz CT molecular complexity index is 693. The molecule has 0 saturated carbocycles. The number of rotatable bonds is 6. The van der Waals surface area contributed by atoms with Crippen molar-refractivity contribution in [2.75, 3.05) is 6.61 Å². The number of aliphatic hydroxyl groups excluding tert-OH is 9. The summed E-state index contributed by atoms with van der Waals surface area (Å²) >= 11 is 0. The van der Waals surface area contributed by atoms with Gasteiger partial charge in [-0.05, 0) is 6.92 Å². The number of carbonyl (C=O) groups is 1. The Balaban J connectivity index is 1.82. The summed E-state index contributed by atoms with van der Waals surface area (Å²) in [7, 11) is 0. The molecule has 3 fully saturated rings. The Hall–Kier alpha value is -1.09. The fourth-order valence-corrected chi connectivity index (χ4v) is 4.00. The van der Waals surface area contributed by atoms with Crippen molar-refractivity contribution >= 4 is 5.97 Å². The second kappa shape index (κ2) is 10.9. The molecule has 0 aromatic heterocycles. The largest absolute Gasteiger partial charge is 0.479 e. The van der Waals surface area contributed by atoms with Gasteiger partial charge >= 0.3 is 5.97 Å². The quantitative estimate of drug-likeness (QED) is 0.162. The van der Waals surface area contributed by atoms with Gasteiger partial charge in [-0.3, -0.25) is 0 Å². The molecule has 0 spiro atoms. The maximum Gasteiger partial charge on any atom is 0.335 e. The summed E-state index contributed by atoms with van der Waals surface area (Å²) < 4.78 is 26.5. The lowest BCUT2D eigenvalue weighted by atomic mass is 9.96. The third-order valence-electron chi connectivity index (χ3n) is 6.01. The Morgan fingerprint density at radius 2 is 1.24 bits per heavy atom. The van der Waals surface area contributed by atoms with Crippen LogP contribution in [0.25, 0.3) is 0 Å². The van der Waals surface area contributed by atoms with E-state index >= 15 is 0 Å². The molecule has 3 aliphatic rings. The molecule has 0 aromatic carbocycles. The highest BCUT2D eigenvalue weighted by atomic mass is 16.8. The van der Waals surface area contributed by atoms with Gasteiger partial charge in [-0.25, -0.2) is 4.79 Å². The normalized spacial score (nSPS) is 52.4. The third-order valence-corrected chi connectivity index (χ3v) is 6.01. The predicted octanol–water partition coefficient (Wildman–Crippen LogP) is -6.45. The van der Waals surface area contributed by atoms with E-state index in [9.17, 15) is 55.9 Å². The van der Waals surface area contributed by atoms with Crippen LogP contribution in [0, 0.1) is 0 Å². The van der Waals surface area contributed by atoms with Gasteiger partial charge < -0.3 is 74.7 Å². The van der Waals surface area contributed by atoms with Crippen LogP contribution in [0.1, 0.15) is 6.92 Å². The minimum absolute atomic E-state index is 0.765. The van der Waals surface area contributed by atoms with Gasteiger partial charge in [-0.1, -0.05) is 0 Å². The second-order valence-electron chi connectivity index (χ2n) is 8.36. The molecule has 0 amide bonds. The van der Waals surface area contributed by atoms with E-state index in [0.717, 1.165) is 0 Å². The maximum atomic E-state index is 11.3. The highest BCUT2D eigenvalue weighted by Crippen LogP contribution is 2.32. The molecule has 3 saturated heterocycles. The van der Waals surface area contributed by atoms with Crippen LogP contribution in [0.3, 0.4) is 0 Å². The van der Waals surface area contributed by atoms with Crippen molar-refractivity contribution in [1.29, 1.82) is 0 Å². The van der Waals surface area contributed by atoms with Gasteiger partial charge in [-0.15, -0.1) is 0 Å². The van der Waals surface area contributed by atoms with Crippen LogP contribution in [-0.2, 0) is 28.5 Å². The lowest BCUT2D eigenvalue weighted by Gasteiger charge is -2.47. The van der Waals surface area contributed by atoms with E-state index in [0.29, 0.717) is 0 Å². The molecule has 3 heterocycles. The number of ether oxygens (including phenoxy) is 5. The van der Waals surface area contributed by atoms with Crippen molar-refractivity contribution < 1.29 is 79.5 Å². The monoisotopic (exact) mass is 502 g/mol. The zero-order chi connectivity index (χ0) is 25.5. The first kappa shape index (κ1) is 27.5. The summed E-state index contributed by atoms with van der Waals surface area (Å²) in [5.41, 5.74) is 0. The van der Waals surface area contributed by atoms with Gasteiger partial charge in [0.15, 0.2) is 25.0 Å². The highest BCUT2D eigenvalue weighted by Gasteiger charge is 2.53. The van der Waals surface area contributed by atoms with Crippen molar-refractivity contribution in [3.8, 4) is 0 Å². The molecule has 1 unspecified atom stereocenters. The summed E-state index contributed by atoms with van der Waals surface area (Å²) in [6.07, 6.45) is -26.2. The van der Waals surface area contributed by atoms with Crippen LogP contribution in [-0.4, -0.2) is 156 Å². The van der Waals surface area contributed by atoms with E-state index in [1.807, 2.05) is 0 Å². The summed E-state index contributed by atoms with van der Waals surface area (Å²) in [5.74, 6) is -1.66. The molecule has 0 radical (unpaired) electrons. The number of hydrogen-bond donors (Lipinski definition) is 10. The SMILES string of the molecule is C[C@@H]1OC(O)[C@H](O)[C@H](O[C@H]2O[C@H](CO)[C@H](O)[C@H](O)[C@H]2O)[C@H]1O[C@@H]1O[C@H](C(=O)O)[C@@H](O)[C@H](O)[C@H]1O. The van der Waals surface area contributed by atoms with E-state index in [-0.39, 0.29) is 0 Å². The van der Waals surface area contributed by atoms with Crippen LogP contribution in [0.2, 0.25) is 0 Å². The van der Waals surface area contributed by atoms with Gasteiger partial charge in [-0.2, -0.15) is 0 Å². The van der Waals surface area contributed by atoms with E-state index in [4.69, 9.17) is 23.7 Å². The smallest absolute Gasteiger partial charge is 0.335 e. The van der Waals surface area contributed by atoms with Crippen LogP contribution >= 0.6 is 0 Å². The Morgan fingerprint density at radius 3 is 1.79 bits per heavy atom. The van der Waals surface area contributed by atoms with Crippen molar-refractivity contribution in [1.82, 2.24) is 0 Å². The first-order valence-electron chi connectivity index (χ1n) is 10.4. The van der Waals surface area contributed by atoms with Crippen LogP contribution in [0.15, 0.2) is 0 Å². The Morgan fingerprint density at radius 1 is 0.706 bits per heavy atom. The van der Waals surface area contributed by atoms with Crippen molar-refractivity contribution in [2.24, 2.45) is 0 Å². The zero-order valence-corrected chi connectivity index (χ0v) is 17.8. The fraction of sp³-hybridized carbons (Fsp3) is 0.944. The third kappa shape index (κ3) is 5.20. The van der Waals surface area contributed by atoms with E-state index in [2.05, 4.69) is 0 Å². The molecule has 34 heavy (non-hydrogen) atoms. The number of carboxylic acid groups (broad SMARTS) is 1. The molecule has 0 aromatic rings. The van der Waals surface area contributed by atoms with Crippen molar-refractivity contribution in [3.63, 3.8) is 0 Å². The van der Waals surface area contributed by atoms with Gasteiger partial charge in [0.05, 0.1) is 12.7 Å². The first-order valence-corrected chi connectivity index (χ1v) is 10.4. The molecular weight excluding hydrogens is 472 g/mol. The molecule has 0 aliphatic carbocycles. The zero-order valence-electron chi connectivity index (χ0n) is 17.8. The van der Waals surface area contributed by atoms with Gasteiger partial charge in [0, 0.05) is 0 Å². The number of carboxylic acids is 1. The summed E-state index contributed by atoms with van der Waals surface area (Å²) in [6.45, 7) is 0.581. The number of hydrogen-bond acceptors (Lipinski definition) is 15. The minimum atomic E-state index is -1.99. The second-order valence-corrected chi connectivity index (χ2v) is 8.36. The summed E-state index contributed by atoms with van der Waals surface area (Å²) in [4.78, 5) is 11.3. The molecule has 16 heteroatoms. The average Bonchev–Trinajstić information content (AvgIpc) is 2.79. The topological polar surface area (TPSA) is 266 Å². The summed E-state index contributed by atoms with van der Waals surface area (Å²) in [5, 5.41) is 99.1. The molecule has 198 valence electrons. The first-order chi connectivity index (χ1) is 15.9. The van der Waals surface area contributed by atoms with Gasteiger partial charge in [0.2, 0.25) is 0 Å². The Kier molecular flexibility index (Phi) is 8.81. The van der Waals surface area contributed by atoms with E-state index in [1.54, 1.807) is 0 Å². The Labute approximate surface area is 192 Å². The maximum absolute atomic E-state index is 11.3. The predicted molar refractivity (Wildman–Crippen MR) is 100 cm³/mol. The number of aliphatic carboxylic acids is 1. The molecular formula is C18H30O16. The van der Waals surface area contributed by atoms with E-state index < -0.39 is 105 Å². The fourth-order valence-electron chi connectivity index (χ4n) is 4.00. The highest BCUT2D eigenvalue weighted by molar-refractivity contribution is 5.73. The van der Waals surface area contributed by atoms with Crippen molar-refractivity contribution in [2.45, 2.75) is 99.0 Å². The standard InChI is InChI=1S/C18H30O16/c1-3-12(32-18-10(25)7(22)8(23)14(34-18)15(27)28)13(11(26)16(29)30-3)33-17-9(24)6(21)5(20)4(2-19)31-17/h3-14,16-26,29H,2H2,1H3,(H,27,28)/t3-,4+,5-,6-,7-,8-,9+,10+,11+,12-,13-,14-,16?,17+,18+/m0/s1. The molecule has 16 nitrogen and oxygen atoms in total. The lowest BCUT2D eigenvalue weighted by Crippen LogP contribution is -2.66. The molecule has 10 N–H and O–H groups in total. The van der Waals surface area contributed by atoms with Crippen LogP contribution in [0.4, 0.5) is 0 Å². The van der Waals surface area contributed by atoms with E-state index in [1.165, 1.54) is 6.92 Å². The molecule has 3 aliphatic heterocycles. The minimum Gasteiger partial charge on any atom is -0.479 e. The lowest BCUT2D eigenvalue weighted by molar-refractivity contribution is -0.378. The number of aliphatic hydroxyl groups is 9. The molecule has 15 atom stereocenters. The average molecular weight is 502 g/mol. The van der Waals surface area contributed by atoms with Crippen LogP contribution in [0.5, 0.6) is 0 Å². The molecule has 3 rings (SSSR count). The van der Waals surface area contributed by atoms with Crippen LogP contribution < -0.4 is 0 Å². The van der Waals surface area contributed by atoms with Gasteiger partial charge in [0.1, 0.15) is 61.0 Å². The van der Waals surface area contributed by atoms with Gasteiger partial charge in [0.25, 0.3) is 0 Å². The summed E-state index contributed by atoms with van der Waals surface area (Å²) in [6, 6.07) is 0. The molecule has 0 bridgehead atoms. The van der Waals surface area contributed by atoms with Crippen molar-refractivity contribution in [3.05, 3.63) is 0 Å².